The summed E-state index contributed by atoms with van der Waals surface area (Å²) in [6.07, 6.45) is -0.570. The molecule has 0 bridgehead atoms. The molecule has 1 amide bonds. The van der Waals surface area contributed by atoms with Crippen LogP contribution in [0.1, 0.15) is 13.8 Å². The summed E-state index contributed by atoms with van der Waals surface area (Å²) in [4.78, 5) is 12.1. The van der Waals surface area contributed by atoms with Crippen molar-refractivity contribution in [2.45, 2.75) is 20.0 Å². The van der Waals surface area contributed by atoms with E-state index in [1.165, 1.54) is 0 Å². The van der Waals surface area contributed by atoms with Crippen LogP contribution in [0.15, 0.2) is 54.6 Å². The van der Waals surface area contributed by atoms with Gasteiger partial charge >= 0.3 is 0 Å². The van der Waals surface area contributed by atoms with Crippen molar-refractivity contribution in [2.24, 2.45) is 0 Å². The minimum absolute atomic E-state index is 0.192. The van der Waals surface area contributed by atoms with Crippen molar-refractivity contribution < 1.29 is 14.3 Å². The first kappa shape index (κ1) is 14.9. The van der Waals surface area contributed by atoms with Crippen molar-refractivity contribution in [3.8, 4) is 11.5 Å². The molecule has 0 aliphatic heterocycles. The lowest BCUT2D eigenvalue weighted by Crippen LogP contribution is -2.30. The van der Waals surface area contributed by atoms with Crippen LogP contribution in [0.2, 0.25) is 0 Å². The molecule has 0 saturated carbocycles. The Hall–Kier alpha value is -2.49. The number of hydrogen-bond acceptors (Lipinski definition) is 3. The van der Waals surface area contributed by atoms with E-state index in [4.69, 9.17) is 9.47 Å². The zero-order valence-electron chi connectivity index (χ0n) is 12.2. The molecule has 0 fully saturated rings. The van der Waals surface area contributed by atoms with Crippen molar-refractivity contribution in [1.29, 1.82) is 0 Å². The number of hydrogen-bond donors (Lipinski definition) is 1. The molecule has 1 atom stereocenters. The van der Waals surface area contributed by atoms with E-state index in [9.17, 15) is 4.79 Å². The summed E-state index contributed by atoms with van der Waals surface area (Å²) in [6, 6.07) is 16.5. The van der Waals surface area contributed by atoms with Crippen LogP contribution in [0.5, 0.6) is 11.5 Å². The summed E-state index contributed by atoms with van der Waals surface area (Å²) in [5.74, 6) is 1.26. The molecule has 0 aliphatic rings. The van der Waals surface area contributed by atoms with E-state index in [-0.39, 0.29) is 5.91 Å². The minimum atomic E-state index is -0.570. The van der Waals surface area contributed by atoms with Gasteiger partial charge in [-0.3, -0.25) is 4.79 Å². The third-order valence-electron chi connectivity index (χ3n) is 2.86. The van der Waals surface area contributed by atoms with Crippen LogP contribution in [0.25, 0.3) is 0 Å². The Morgan fingerprint density at radius 1 is 1.05 bits per heavy atom. The quantitative estimate of drug-likeness (QED) is 0.883. The van der Waals surface area contributed by atoms with E-state index >= 15 is 0 Å². The maximum absolute atomic E-state index is 12.1. The van der Waals surface area contributed by atoms with Gasteiger partial charge in [-0.15, -0.1) is 0 Å². The molecular formula is C17H19NO3. The van der Waals surface area contributed by atoms with Crippen LogP contribution in [-0.2, 0) is 4.79 Å². The highest BCUT2D eigenvalue weighted by atomic mass is 16.5. The van der Waals surface area contributed by atoms with Gasteiger partial charge in [-0.05, 0) is 50.2 Å². The predicted molar refractivity (Wildman–Crippen MR) is 82.8 cm³/mol. The Kier molecular flexibility index (Phi) is 5.21. The molecule has 4 nitrogen and oxygen atoms in total. The molecular weight excluding hydrogens is 266 g/mol. The number of carbonyl (C=O) groups excluding carboxylic acids is 1. The van der Waals surface area contributed by atoms with Crippen molar-refractivity contribution in [3.63, 3.8) is 0 Å². The largest absolute Gasteiger partial charge is 0.494 e. The van der Waals surface area contributed by atoms with Gasteiger partial charge in [-0.2, -0.15) is 0 Å². The standard InChI is InChI=1S/C17H19NO3/c1-3-20-15-11-9-14(10-12-15)18-17(19)13(2)21-16-7-5-4-6-8-16/h4-13H,3H2,1-2H3,(H,18,19). The Labute approximate surface area is 124 Å². The molecule has 0 spiro atoms. The molecule has 1 unspecified atom stereocenters. The van der Waals surface area contributed by atoms with Crippen molar-refractivity contribution in [3.05, 3.63) is 54.6 Å². The molecule has 4 heteroatoms. The number of ether oxygens (including phenoxy) is 2. The second-order valence-electron chi connectivity index (χ2n) is 4.52. The van der Waals surface area contributed by atoms with E-state index in [2.05, 4.69) is 5.32 Å². The molecule has 0 aliphatic carbocycles. The van der Waals surface area contributed by atoms with Crippen molar-refractivity contribution in [2.75, 3.05) is 11.9 Å². The van der Waals surface area contributed by atoms with Gasteiger partial charge in [0, 0.05) is 5.69 Å². The number of amides is 1. The third-order valence-corrected chi connectivity index (χ3v) is 2.86. The van der Waals surface area contributed by atoms with Gasteiger partial charge < -0.3 is 14.8 Å². The third kappa shape index (κ3) is 4.53. The fraction of sp³-hybridized carbons (Fsp3) is 0.235. The average Bonchev–Trinajstić information content (AvgIpc) is 2.50. The van der Waals surface area contributed by atoms with Crippen LogP contribution in [0.3, 0.4) is 0 Å². The maximum Gasteiger partial charge on any atom is 0.265 e. The number of benzene rings is 2. The van der Waals surface area contributed by atoms with Crippen LogP contribution in [0, 0.1) is 0 Å². The number of rotatable bonds is 6. The van der Waals surface area contributed by atoms with E-state index in [0.29, 0.717) is 18.0 Å². The Morgan fingerprint density at radius 2 is 1.71 bits per heavy atom. The van der Waals surface area contributed by atoms with Crippen molar-refractivity contribution in [1.82, 2.24) is 0 Å². The lowest BCUT2D eigenvalue weighted by atomic mass is 10.2. The average molecular weight is 285 g/mol. The molecule has 0 radical (unpaired) electrons. The Morgan fingerprint density at radius 3 is 2.33 bits per heavy atom. The maximum atomic E-state index is 12.1. The molecule has 0 aromatic heterocycles. The van der Waals surface area contributed by atoms with E-state index in [1.807, 2.05) is 49.4 Å². The molecule has 2 aromatic carbocycles. The summed E-state index contributed by atoms with van der Waals surface area (Å²) in [7, 11) is 0. The highest BCUT2D eigenvalue weighted by molar-refractivity contribution is 5.94. The first-order valence-electron chi connectivity index (χ1n) is 6.94. The van der Waals surface area contributed by atoms with Crippen molar-refractivity contribution >= 4 is 11.6 Å². The first-order chi connectivity index (χ1) is 10.2. The van der Waals surface area contributed by atoms with Crippen LogP contribution in [-0.4, -0.2) is 18.6 Å². The lowest BCUT2D eigenvalue weighted by molar-refractivity contribution is -0.122. The Balaban J connectivity index is 1.91. The topological polar surface area (TPSA) is 47.6 Å². The molecule has 21 heavy (non-hydrogen) atoms. The molecule has 2 aromatic rings. The molecule has 0 saturated heterocycles. The predicted octanol–water partition coefficient (Wildman–Crippen LogP) is 3.49. The molecule has 0 heterocycles. The van der Waals surface area contributed by atoms with Gasteiger partial charge in [-0.25, -0.2) is 0 Å². The SMILES string of the molecule is CCOc1ccc(NC(=O)C(C)Oc2ccccc2)cc1. The number of anilines is 1. The molecule has 110 valence electrons. The summed E-state index contributed by atoms with van der Waals surface area (Å²) in [5.41, 5.74) is 0.715. The van der Waals surface area contributed by atoms with Crippen LogP contribution < -0.4 is 14.8 Å². The monoisotopic (exact) mass is 285 g/mol. The second kappa shape index (κ2) is 7.33. The second-order valence-corrected chi connectivity index (χ2v) is 4.52. The van der Waals surface area contributed by atoms with Crippen LogP contribution >= 0.6 is 0 Å². The van der Waals surface area contributed by atoms with E-state index in [1.54, 1.807) is 19.1 Å². The number of carbonyl (C=O) groups is 1. The highest BCUT2D eigenvalue weighted by Gasteiger charge is 2.14. The van der Waals surface area contributed by atoms with E-state index in [0.717, 1.165) is 5.75 Å². The van der Waals surface area contributed by atoms with Gasteiger partial charge in [0.1, 0.15) is 11.5 Å². The fourth-order valence-corrected chi connectivity index (χ4v) is 1.80. The number of para-hydroxylation sites is 1. The summed E-state index contributed by atoms with van der Waals surface area (Å²) >= 11 is 0. The fourth-order valence-electron chi connectivity index (χ4n) is 1.80. The van der Waals surface area contributed by atoms with E-state index < -0.39 is 6.10 Å². The van der Waals surface area contributed by atoms with Gasteiger partial charge in [-0.1, -0.05) is 18.2 Å². The minimum Gasteiger partial charge on any atom is -0.494 e. The van der Waals surface area contributed by atoms with Gasteiger partial charge in [0.2, 0.25) is 0 Å². The number of nitrogens with one attached hydrogen (secondary N) is 1. The molecule has 1 N–H and O–H groups in total. The first-order valence-corrected chi connectivity index (χ1v) is 6.94. The highest BCUT2D eigenvalue weighted by Crippen LogP contribution is 2.16. The van der Waals surface area contributed by atoms with Gasteiger partial charge in [0.05, 0.1) is 6.61 Å². The summed E-state index contributed by atoms with van der Waals surface area (Å²) < 4.78 is 10.9. The lowest BCUT2D eigenvalue weighted by Gasteiger charge is -2.14. The van der Waals surface area contributed by atoms with Gasteiger partial charge in [0.25, 0.3) is 5.91 Å². The normalized spacial score (nSPS) is 11.5. The summed E-state index contributed by atoms with van der Waals surface area (Å²) in [6.45, 7) is 4.27. The van der Waals surface area contributed by atoms with Crippen LogP contribution in [0.4, 0.5) is 5.69 Å². The zero-order valence-corrected chi connectivity index (χ0v) is 12.2. The molecule has 2 rings (SSSR count). The Bertz CT molecular complexity index is 566. The summed E-state index contributed by atoms with van der Waals surface area (Å²) in [5, 5.41) is 2.81. The zero-order chi connectivity index (χ0) is 15.1. The smallest absolute Gasteiger partial charge is 0.265 e. The van der Waals surface area contributed by atoms with Gasteiger partial charge in [0.15, 0.2) is 6.10 Å².